The Kier molecular flexibility index (Phi) is 5.86. The Morgan fingerprint density at radius 1 is 0.931 bits per heavy atom. The van der Waals surface area contributed by atoms with Gasteiger partial charge in [-0.25, -0.2) is 9.97 Å². The maximum Gasteiger partial charge on any atom is 0.161 e. The summed E-state index contributed by atoms with van der Waals surface area (Å²) in [6.07, 6.45) is 4.71. The van der Waals surface area contributed by atoms with Gasteiger partial charge in [-0.15, -0.1) is 0 Å². The molecule has 0 N–H and O–H groups in total. The van der Waals surface area contributed by atoms with E-state index in [1.807, 2.05) is 12.1 Å². The van der Waals surface area contributed by atoms with E-state index >= 15 is 0 Å². The zero-order valence-electron chi connectivity index (χ0n) is 17.5. The first kappa shape index (κ1) is 19.5. The third kappa shape index (κ3) is 4.46. The zero-order chi connectivity index (χ0) is 20.2. The summed E-state index contributed by atoms with van der Waals surface area (Å²) in [4.78, 5) is 18.8. The van der Waals surface area contributed by atoms with Crippen molar-refractivity contribution in [2.45, 2.75) is 39.8 Å². The Balaban J connectivity index is 1.56. The molecule has 1 atom stereocenters. The summed E-state index contributed by atoms with van der Waals surface area (Å²) in [7, 11) is 0. The van der Waals surface area contributed by atoms with Gasteiger partial charge in [-0.2, -0.15) is 0 Å². The lowest BCUT2D eigenvalue weighted by molar-refractivity contribution is 0.212. The van der Waals surface area contributed by atoms with Crippen LogP contribution in [-0.2, 0) is 6.54 Å². The van der Waals surface area contributed by atoms with Crippen LogP contribution >= 0.6 is 0 Å². The van der Waals surface area contributed by atoms with Crippen molar-refractivity contribution in [2.75, 3.05) is 24.5 Å². The molecule has 3 aromatic rings. The average Bonchev–Trinajstić information content (AvgIpc) is 2.93. The Hall–Kier alpha value is -2.79. The fraction of sp³-hybridized carbons (Fsp3) is 0.375. The number of nitrogens with zero attached hydrogens (tertiary/aromatic N) is 5. The van der Waals surface area contributed by atoms with Gasteiger partial charge in [0.1, 0.15) is 5.82 Å². The molecule has 0 radical (unpaired) electrons. The molecule has 1 aliphatic heterocycles. The normalized spacial score (nSPS) is 17.9. The minimum atomic E-state index is 0.545. The van der Waals surface area contributed by atoms with Gasteiger partial charge < -0.3 is 4.90 Å². The van der Waals surface area contributed by atoms with Crippen LogP contribution in [0.5, 0.6) is 0 Å². The first-order chi connectivity index (χ1) is 14.1. The van der Waals surface area contributed by atoms with Crippen LogP contribution < -0.4 is 4.90 Å². The predicted octanol–water partition coefficient (Wildman–Crippen LogP) is 4.26. The topological polar surface area (TPSA) is 45.2 Å². The van der Waals surface area contributed by atoms with Gasteiger partial charge in [0.15, 0.2) is 5.82 Å². The number of aryl methyl sites for hydroxylation is 1. The quantitative estimate of drug-likeness (QED) is 0.669. The van der Waals surface area contributed by atoms with E-state index in [1.165, 1.54) is 11.1 Å². The second kappa shape index (κ2) is 8.70. The molecule has 0 aliphatic carbocycles. The second-order valence-corrected chi connectivity index (χ2v) is 7.90. The Bertz CT molecular complexity index is 942. The number of pyridine rings is 1. The van der Waals surface area contributed by atoms with E-state index in [4.69, 9.17) is 9.97 Å². The molecule has 5 heteroatoms. The standard InChI is InChI=1S/C24H29N5/c1-18-11-14-28(15-16-29(18)17-21-7-5-4-6-8-21)24-19(2)20(3)26-23(27-24)22-9-12-25-13-10-22/h4-10,12-13,18H,11,14-17H2,1-3H3. The van der Waals surface area contributed by atoms with E-state index in [0.29, 0.717) is 6.04 Å². The van der Waals surface area contributed by atoms with E-state index in [1.54, 1.807) is 12.4 Å². The highest BCUT2D eigenvalue weighted by molar-refractivity contribution is 5.60. The number of aromatic nitrogens is 3. The number of rotatable bonds is 4. The van der Waals surface area contributed by atoms with Crippen molar-refractivity contribution in [3.63, 3.8) is 0 Å². The van der Waals surface area contributed by atoms with Crippen molar-refractivity contribution >= 4 is 5.82 Å². The van der Waals surface area contributed by atoms with Crippen molar-refractivity contribution in [3.8, 4) is 11.4 Å². The van der Waals surface area contributed by atoms with E-state index in [2.05, 4.69) is 65.9 Å². The summed E-state index contributed by atoms with van der Waals surface area (Å²) >= 11 is 0. The fourth-order valence-electron chi connectivity index (χ4n) is 3.92. The van der Waals surface area contributed by atoms with Crippen molar-refractivity contribution in [3.05, 3.63) is 71.7 Å². The Morgan fingerprint density at radius 2 is 1.69 bits per heavy atom. The molecule has 0 amide bonds. The number of hydrogen-bond donors (Lipinski definition) is 0. The lowest BCUT2D eigenvalue weighted by atomic mass is 10.1. The summed E-state index contributed by atoms with van der Waals surface area (Å²) in [5, 5.41) is 0. The van der Waals surface area contributed by atoms with Crippen molar-refractivity contribution in [1.29, 1.82) is 0 Å². The van der Waals surface area contributed by atoms with E-state index < -0.39 is 0 Å². The highest BCUT2D eigenvalue weighted by Gasteiger charge is 2.23. The number of hydrogen-bond acceptors (Lipinski definition) is 5. The maximum absolute atomic E-state index is 4.97. The van der Waals surface area contributed by atoms with Crippen LogP contribution in [0.1, 0.15) is 30.2 Å². The third-order valence-electron chi connectivity index (χ3n) is 5.93. The van der Waals surface area contributed by atoms with Crippen LogP contribution in [0.25, 0.3) is 11.4 Å². The molecule has 5 nitrogen and oxygen atoms in total. The van der Waals surface area contributed by atoms with Crippen molar-refractivity contribution < 1.29 is 0 Å². The molecule has 1 aromatic carbocycles. The van der Waals surface area contributed by atoms with Gasteiger partial charge in [-0.3, -0.25) is 9.88 Å². The molecule has 1 aliphatic rings. The molecule has 0 saturated carbocycles. The van der Waals surface area contributed by atoms with Crippen molar-refractivity contribution in [1.82, 2.24) is 19.9 Å². The van der Waals surface area contributed by atoms with Gasteiger partial charge in [0.05, 0.1) is 0 Å². The second-order valence-electron chi connectivity index (χ2n) is 7.90. The fourth-order valence-corrected chi connectivity index (χ4v) is 3.92. The molecule has 1 fully saturated rings. The van der Waals surface area contributed by atoms with Gasteiger partial charge in [0.2, 0.25) is 0 Å². The largest absolute Gasteiger partial charge is 0.355 e. The molecular weight excluding hydrogens is 358 g/mol. The maximum atomic E-state index is 4.97. The van der Waals surface area contributed by atoms with E-state index in [0.717, 1.165) is 55.5 Å². The molecule has 0 spiro atoms. The minimum absolute atomic E-state index is 0.545. The smallest absolute Gasteiger partial charge is 0.161 e. The SMILES string of the molecule is Cc1nc(-c2ccncc2)nc(N2CCC(C)N(Cc3ccccc3)CC2)c1C. The monoisotopic (exact) mass is 387 g/mol. The van der Waals surface area contributed by atoms with Gasteiger partial charge in [0, 0.05) is 61.4 Å². The third-order valence-corrected chi connectivity index (χ3v) is 5.93. The lowest BCUT2D eigenvalue weighted by Crippen LogP contribution is -2.34. The highest BCUT2D eigenvalue weighted by atomic mass is 15.3. The van der Waals surface area contributed by atoms with Gasteiger partial charge >= 0.3 is 0 Å². The number of anilines is 1. The summed E-state index contributed by atoms with van der Waals surface area (Å²) < 4.78 is 0. The van der Waals surface area contributed by atoms with Gasteiger partial charge in [0.25, 0.3) is 0 Å². The van der Waals surface area contributed by atoms with E-state index in [9.17, 15) is 0 Å². The summed E-state index contributed by atoms with van der Waals surface area (Å²) in [5.41, 5.74) is 4.60. The molecule has 1 saturated heterocycles. The zero-order valence-corrected chi connectivity index (χ0v) is 17.5. The van der Waals surface area contributed by atoms with Crippen LogP contribution in [0, 0.1) is 13.8 Å². The van der Waals surface area contributed by atoms with Gasteiger partial charge in [-0.1, -0.05) is 30.3 Å². The van der Waals surface area contributed by atoms with E-state index in [-0.39, 0.29) is 0 Å². The summed E-state index contributed by atoms with van der Waals surface area (Å²) in [6.45, 7) is 10.6. The molecule has 29 heavy (non-hydrogen) atoms. The molecule has 4 rings (SSSR count). The predicted molar refractivity (Wildman–Crippen MR) is 118 cm³/mol. The van der Waals surface area contributed by atoms with Crippen molar-refractivity contribution in [2.24, 2.45) is 0 Å². The first-order valence-corrected chi connectivity index (χ1v) is 10.4. The molecule has 1 unspecified atom stereocenters. The van der Waals surface area contributed by atoms with Crippen LogP contribution in [0.3, 0.4) is 0 Å². The Morgan fingerprint density at radius 3 is 2.45 bits per heavy atom. The molecular formula is C24H29N5. The molecule has 0 bridgehead atoms. The molecule has 3 heterocycles. The van der Waals surface area contributed by atoms with Crippen LogP contribution in [0.2, 0.25) is 0 Å². The molecule has 150 valence electrons. The highest BCUT2D eigenvalue weighted by Crippen LogP contribution is 2.26. The summed E-state index contributed by atoms with van der Waals surface area (Å²) in [6, 6.07) is 15.2. The van der Waals surface area contributed by atoms with Crippen LogP contribution in [0.15, 0.2) is 54.9 Å². The number of benzene rings is 1. The Labute approximate surface area is 173 Å². The minimum Gasteiger partial charge on any atom is -0.355 e. The van der Waals surface area contributed by atoms with Crippen LogP contribution in [-0.4, -0.2) is 45.5 Å². The lowest BCUT2D eigenvalue weighted by Gasteiger charge is -2.26. The summed E-state index contributed by atoms with van der Waals surface area (Å²) in [5.74, 6) is 1.85. The first-order valence-electron chi connectivity index (χ1n) is 10.4. The van der Waals surface area contributed by atoms with Gasteiger partial charge in [-0.05, 0) is 44.9 Å². The van der Waals surface area contributed by atoms with Crippen LogP contribution in [0.4, 0.5) is 5.82 Å². The molecule has 2 aromatic heterocycles. The average molecular weight is 388 g/mol.